The fourth-order valence-electron chi connectivity index (χ4n) is 2.90. The van der Waals surface area contributed by atoms with Crippen molar-refractivity contribution in [3.8, 4) is 11.5 Å². The molecule has 0 radical (unpaired) electrons. The number of ether oxygens (including phenoxy) is 2. The van der Waals surface area contributed by atoms with Gasteiger partial charge in [-0.15, -0.1) is 0 Å². The molecule has 0 bridgehead atoms. The Morgan fingerprint density at radius 3 is 2.07 bits per heavy atom. The van der Waals surface area contributed by atoms with Gasteiger partial charge in [-0.05, 0) is 55.2 Å². The molecule has 2 aromatic carbocycles. The van der Waals surface area contributed by atoms with Crippen molar-refractivity contribution < 1.29 is 19.1 Å². The number of hydrogen-bond donors (Lipinski definition) is 1. The molecule has 1 N–H and O–H groups in total. The highest BCUT2D eigenvalue weighted by Crippen LogP contribution is 2.34. The average molecular weight is 396 g/mol. The molecule has 29 heavy (non-hydrogen) atoms. The topological polar surface area (TPSA) is 67.9 Å². The molecule has 2 amide bonds. The van der Waals surface area contributed by atoms with E-state index in [2.05, 4.69) is 18.3 Å². The van der Waals surface area contributed by atoms with E-state index < -0.39 is 0 Å². The summed E-state index contributed by atoms with van der Waals surface area (Å²) < 4.78 is 10.6. The zero-order valence-electron chi connectivity index (χ0n) is 18.0. The van der Waals surface area contributed by atoms with Crippen LogP contribution in [0.2, 0.25) is 0 Å². The first-order valence-corrected chi connectivity index (χ1v) is 9.22. The number of anilines is 1. The Morgan fingerprint density at radius 1 is 0.897 bits per heavy atom. The third-order valence-electron chi connectivity index (χ3n) is 4.71. The van der Waals surface area contributed by atoms with E-state index >= 15 is 0 Å². The second-order valence-electron chi connectivity index (χ2n) is 7.07. The minimum absolute atomic E-state index is 0.254. The molecule has 0 saturated carbocycles. The highest BCUT2D eigenvalue weighted by Gasteiger charge is 2.19. The van der Waals surface area contributed by atoms with E-state index in [0.29, 0.717) is 22.7 Å². The Bertz CT molecular complexity index is 962. The smallest absolute Gasteiger partial charge is 0.255 e. The van der Waals surface area contributed by atoms with E-state index in [9.17, 15) is 9.59 Å². The second kappa shape index (κ2) is 9.28. The first kappa shape index (κ1) is 22.0. The zero-order valence-corrected chi connectivity index (χ0v) is 18.0. The highest BCUT2D eigenvalue weighted by atomic mass is 16.5. The first-order valence-electron chi connectivity index (χ1n) is 9.22. The fourth-order valence-corrected chi connectivity index (χ4v) is 2.90. The molecule has 0 saturated heterocycles. The fraction of sp³-hybridized carbons (Fsp3) is 0.304. The molecule has 0 aliphatic heterocycles. The number of nitrogens with one attached hydrogen (secondary N) is 1. The van der Waals surface area contributed by atoms with Crippen LogP contribution in [0.3, 0.4) is 0 Å². The van der Waals surface area contributed by atoms with Gasteiger partial charge in [-0.1, -0.05) is 12.1 Å². The maximum Gasteiger partial charge on any atom is 0.255 e. The Hall–Kier alpha value is -3.28. The zero-order chi connectivity index (χ0) is 21.7. The molecule has 0 aliphatic carbocycles. The van der Waals surface area contributed by atoms with Gasteiger partial charge < -0.3 is 19.7 Å². The van der Waals surface area contributed by atoms with Gasteiger partial charge in [0.15, 0.2) is 11.5 Å². The molecule has 2 rings (SSSR count). The van der Waals surface area contributed by atoms with Crippen molar-refractivity contribution in [2.24, 2.45) is 0 Å². The van der Waals surface area contributed by atoms with Gasteiger partial charge in [0.1, 0.15) is 0 Å². The van der Waals surface area contributed by atoms with Crippen LogP contribution < -0.4 is 14.8 Å². The number of carbonyl (C=O) groups is 2. The van der Waals surface area contributed by atoms with E-state index in [1.807, 2.05) is 19.9 Å². The molecular formula is C23H28N2O4. The van der Waals surface area contributed by atoms with Gasteiger partial charge in [0, 0.05) is 26.2 Å². The van der Waals surface area contributed by atoms with Crippen LogP contribution in [0.5, 0.6) is 11.5 Å². The lowest BCUT2D eigenvalue weighted by Crippen LogP contribution is -2.24. The summed E-state index contributed by atoms with van der Waals surface area (Å²) in [4.78, 5) is 26.6. The van der Waals surface area contributed by atoms with Crippen LogP contribution in [0.25, 0.3) is 6.08 Å². The van der Waals surface area contributed by atoms with Crippen LogP contribution in [0.4, 0.5) is 5.69 Å². The van der Waals surface area contributed by atoms with Crippen LogP contribution in [-0.4, -0.2) is 45.0 Å². The van der Waals surface area contributed by atoms with Gasteiger partial charge in [0.25, 0.3) is 5.91 Å². The summed E-state index contributed by atoms with van der Waals surface area (Å²) in [6.07, 6.45) is 3.23. The van der Waals surface area contributed by atoms with Crippen molar-refractivity contribution in [1.29, 1.82) is 0 Å². The lowest BCUT2D eigenvalue weighted by molar-refractivity contribution is -0.111. The number of carbonyl (C=O) groups excluding carboxylic acids is 2. The van der Waals surface area contributed by atoms with E-state index in [0.717, 1.165) is 16.7 Å². The molecule has 6 heteroatoms. The molecule has 2 aromatic rings. The van der Waals surface area contributed by atoms with Crippen LogP contribution >= 0.6 is 0 Å². The van der Waals surface area contributed by atoms with Gasteiger partial charge in [0.2, 0.25) is 5.91 Å². The summed E-state index contributed by atoms with van der Waals surface area (Å²) in [6, 6.07) is 7.29. The number of nitrogens with zero attached hydrogens (tertiary/aromatic N) is 1. The lowest BCUT2D eigenvalue weighted by Gasteiger charge is -2.17. The van der Waals surface area contributed by atoms with Crippen LogP contribution in [0.1, 0.15) is 32.6 Å². The predicted octanol–water partition coefficient (Wildman–Crippen LogP) is 3.98. The summed E-state index contributed by atoms with van der Waals surface area (Å²) in [6.45, 7) is 6.10. The van der Waals surface area contributed by atoms with Crippen molar-refractivity contribution in [3.05, 3.63) is 58.2 Å². The Balaban J connectivity index is 2.35. The molecule has 0 fully saturated rings. The second-order valence-corrected chi connectivity index (χ2v) is 7.07. The summed E-state index contributed by atoms with van der Waals surface area (Å²) in [5.41, 5.74) is 5.10. The maximum absolute atomic E-state index is 12.6. The van der Waals surface area contributed by atoms with Crippen LogP contribution in [0.15, 0.2) is 30.3 Å². The molecule has 0 spiro atoms. The van der Waals surface area contributed by atoms with Gasteiger partial charge in [-0.3, -0.25) is 9.59 Å². The summed E-state index contributed by atoms with van der Waals surface area (Å²) in [5, 5.41) is 2.78. The molecule has 6 nitrogen and oxygen atoms in total. The predicted molar refractivity (Wildman–Crippen MR) is 116 cm³/mol. The minimum Gasteiger partial charge on any atom is -0.493 e. The number of amides is 2. The molecule has 0 aliphatic rings. The maximum atomic E-state index is 12.6. The number of methoxy groups -OCH3 is 2. The van der Waals surface area contributed by atoms with E-state index in [-0.39, 0.29) is 11.8 Å². The normalized spacial score (nSPS) is 10.7. The van der Waals surface area contributed by atoms with Gasteiger partial charge in [-0.2, -0.15) is 0 Å². The van der Waals surface area contributed by atoms with Gasteiger partial charge >= 0.3 is 0 Å². The number of benzene rings is 2. The molecular weight excluding hydrogens is 368 g/mol. The van der Waals surface area contributed by atoms with Crippen LogP contribution in [-0.2, 0) is 4.79 Å². The third kappa shape index (κ3) is 5.16. The number of rotatable bonds is 6. The monoisotopic (exact) mass is 396 g/mol. The minimum atomic E-state index is -0.345. The molecule has 154 valence electrons. The van der Waals surface area contributed by atoms with E-state index in [1.54, 1.807) is 32.3 Å². The molecule has 0 atom stereocenters. The number of aryl methyl sites for hydroxylation is 3. The van der Waals surface area contributed by atoms with Crippen molar-refractivity contribution in [1.82, 2.24) is 4.90 Å². The van der Waals surface area contributed by atoms with E-state index in [1.165, 1.54) is 30.8 Å². The van der Waals surface area contributed by atoms with Gasteiger partial charge in [0.05, 0.1) is 25.5 Å². The molecule has 0 aromatic heterocycles. The quantitative estimate of drug-likeness (QED) is 0.750. The largest absolute Gasteiger partial charge is 0.493 e. The average Bonchev–Trinajstić information content (AvgIpc) is 2.68. The summed E-state index contributed by atoms with van der Waals surface area (Å²) in [5.74, 6) is 0.238. The standard InChI is InChI=1S/C23H28N2O4/c1-14-10-16(3)17(11-15(14)2)8-9-22(26)24-19-13-21(29-7)20(28-6)12-18(19)23(27)25(4)5/h8-13H,1-7H3,(H,24,26)/b9-8+. The van der Waals surface area contributed by atoms with Gasteiger partial charge in [-0.25, -0.2) is 0 Å². The van der Waals surface area contributed by atoms with Crippen molar-refractivity contribution in [2.75, 3.05) is 33.6 Å². The Labute approximate surface area is 172 Å². The Morgan fingerprint density at radius 2 is 1.48 bits per heavy atom. The molecule has 0 heterocycles. The molecule has 0 unspecified atom stereocenters. The SMILES string of the molecule is COc1cc(NC(=O)/C=C/c2cc(C)c(C)cc2C)c(C(=O)N(C)C)cc1OC. The summed E-state index contributed by atoms with van der Waals surface area (Å²) in [7, 11) is 6.29. The van der Waals surface area contributed by atoms with Crippen molar-refractivity contribution >= 4 is 23.6 Å². The van der Waals surface area contributed by atoms with Crippen LogP contribution in [0, 0.1) is 20.8 Å². The Kier molecular flexibility index (Phi) is 7.04. The van der Waals surface area contributed by atoms with E-state index in [4.69, 9.17) is 9.47 Å². The summed E-state index contributed by atoms with van der Waals surface area (Å²) >= 11 is 0. The third-order valence-corrected chi connectivity index (χ3v) is 4.71. The highest BCUT2D eigenvalue weighted by molar-refractivity contribution is 6.08. The van der Waals surface area contributed by atoms with Crippen molar-refractivity contribution in [3.63, 3.8) is 0 Å². The first-order chi connectivity index (χ1) is 13.7. The lowest BCUT2D eigenvalue weighted by atomic mass is 10.0. The number of hydrogen-bond acceptors (Lipinski definition) is 4. The van der Waals surface area contributed by atoms with Crippen molar-refractivity contribution in [2.45, 2.75) is 20.8 Å².